The van der Waals surface area contributed by atoms with Gasteiger partial charge in [0.15, 0.2) is 0 Å². The summed E-state index contributed by atoms with van der Waals surface area (Å²) in [5.41, 5.74) is 1.55. The van der Waals surface area contributed by atoms with E-state index in [0.29, 0.717) is 17.3 Å². The summed E-state index contributed by atoms with van der Waals surface area (Å²) in [5.74, 6) is 0. The second-order valence-corrected chi connectivity index (χ2v) is 4.97. The number of aryl methyl sites for hydroxylation is 1. The molecule has 0 unspecified atom stereocenters. The van der Waals surface area contributed by atoms with Crippen LogP contribution in [0.1, 0.15) is 18.9 Å². The molecule has 2 aromatic rings. The van der Waals surface area contributed by atoms with Gasteiger partial charge in [0.05, 0.1) is 4.92 Å². The van der Waals surface area contributed by atoms with Crippen LogP contribution < -0.4 is 5.32 Å². The highest BCUT2D eigenvalue weighted by atomic mass is 35.5. The number of anilines is 1. The van der Waals surface area contributed by atoms with Crippen molar-refractivity contribution < 1.29 is 4.92 Å². The van der Waals surface area contributed by atoms with Crippen molar-refractivity contribution in [2.75, 3.05) is 5.32 Å². The quantitative estimate of drug-likeness (QED) is 0.645. The highest BCUT2D eigenvalue weighted by Crippen LogP contribution is 2.28. The lowest BCUT2D eigenvalue weighted by Gasteiger charge is -2.06. The Morgan fingerprint density at radius 3 is 2.90 bits per heavy atom. The van der Waals surface area contributed by atoms with E-state index < -0.39 is 4.92 Å². The third-order valence-electron chi connectivity index (χ3n) is 2.93. The van der Waals surface area contributed by atoms with Crippen LogP contribution in [0.15, 0.2) is 36.7 Å². The van der Waals surface area contributed by atoms with E-state index >= 15 is 0 Å². The first-order valence-electron chi connectivity index (χ1n) is 6.42. The molecule has 0 saturated carbocycles. The SMILES string of the molecule is CCCn1ccc(CNc2ccc(Cl)cc2[N+](=O)[O-])c1. The van der Waals surface area contributed by atoms with Crippen molar-refractivity contribution in [3.63, 3.8) is 0 Å². The molecule has 0 amide bonds. The highest BCUT2D eigenvalue weighted by molar-refractivity contribution is 6.30. The minimum Gasteiger partial charge on any atom is -0.375 e. The number of benzene rings is 1. The van der Waals surface area contributed by atoms with Crippen LogP contribution in [0.5, 0.6) is 0 Å². The normalized spacial score (nSPS) is 10.5. The van der Waals surface area contributed by atoms with Gasteiger partial charge in [0.1, 0.15) is 5.69 Å². The van der Waals surface area contributed by atoms with Crippen LogP contribution in [0, 0.1) is 10.1 Å². The molecule has 5 nitrogen and oxygen atoms in total. The van der Waals surface area contributed by atoms with Crippen molar-refractivity contribution in [1.29, 1.82) is 0 Å². The van der Waals surface area contributed by atoms with Crippen LogP contribution in [0.2, 0.25) is 5.02 Å². The maximum atomic E-state index is 11.0. The molecule has 106 valence electrons. The Morgan fingerprint density at radius 2 is 2.20 bits per heavy atom. The first-order chi connectivity index (χ1) is 9.60. The van der Waals surface area contributed by atoms with Gasteiger partial charge in [0, 0.05) is 36.6 Å². The zero-order valence-corrected chi connectivity index (χ0v) is 11.9. The topological polar surface area (TPSA) is 60.1 Å². The van der Waals surface area contributed by atoms with E-state index in [1.807, 2.05) is 18.5 Å². The summed E-state index contributed by atoms with van der Waals surface area (Å²) in [7, 11) is 0. The van der Waals surface area contributed by atoms with Crippen LogP contribution in [0.3, 0.4) is 0 Å². The fourth-order valence-corrected chi connectivity index (χ4v) is 2.16. The van der Waals surface area contributed by atoms with Gasteiger partial charge in [-0.05, 0) is 30.2 Å². The van der Waals surface area contributed by atoms with Gasteiger partial charge in [-0.2, -0.15) is 0 Å². The molecule has 0 atom stereocenters. The Hall–Kier alpha value is -2.01. The lowest BCUT2D eigenvalue weighted by Crippen LogP contribution is -2.02. The molecule has 1 aromatic carbocycles. The average Bonchev–Trinajstić information content (AvgIpc) is 2.85. The predicted octanol–water partition coefficient (Wildman–Crippen LogP) is 4.07. The molecule has 1 N–H and O–H groups in total. The van der Waals surface area contributed by atoms with Crippen molar-refractivity contribution in [2.24, 2.45) is 0 Å². The number of halogens is 1. The number of nitro benzene ring substituents is 1. The molecule has 0 bridgehead atoms. The lowest BCUT2D eigenvalue weighted by molar-refractivity contribution is -0.383. The Kier molecular flexibility index (Phi) is 4.63. The predicted molar refractivity (Wildman–Crippen MR) is 80.2 cm³/mol. The molecule has 20 heavy (non-hydrogen) atoms. The minimum atomic E-state index is -0.434. The third-order valence-corrected chi connectivity index (χ3v) is 3.17. The van der Waals surface area contributed by atoms with Gasteiger partial charge >= 0.3 is 0 Å². The molecule has 1 heterocycles. The number of hydrogen-bond acceptors (Lipinski definition) is 3. The summed E-state index contributed by atoms with van der Waals surface area (Å²) in [6.45, 7) is 3.63. The van der Waals surface area contributed by atoms with Crippen molar-refractivity contribution in [3.8, 4) is 0 Å². The molecule has 0 spiro atoms. The zero-order valence-electron chi connectivity index (χ0n) is 11.2. The second kappa shape index (κ2) is 6.43. The molecule has 2 rings (SSSR count). The summed E-state index contributed by atoms with van der Waals surface area (Å²) in [5, 5.41) is 14.4. The summed E-state index contributed by atoms with van der Waals surface area (Å²) in [4.78, 5) is 10.5. The summed E-state index contributed by atoms with van der Waals surface area (Å²) < 4.78 is 2.10. The summed E-state index contributed by atoms with van der Waals surface area (Å²) in [6.07, 6.45) is 5.12. The Labute approximate surface area is 122 Å². The number of nitrogens with one attached hydrogen (secondary N) is 1. The molecule has 0 fully saturated rings. The third kappa shape index (κ3) is 3.51. The number of rotatable bonds is 6. The van der Waals surface area contributed by atoms with Gasteiger partial charge in [-0.1, -0.05) is 18.5 Å². The van der Waals surface area contributed by atoms with E-state index in [1.54, 1.807) is 12.1 Å². The maximum absolute atomic E-state index is 11.0. The van der Waals surface area contributed by atoms with E-state index in [0.717, 1.165) is 18.5 Å². The lowest BCUT2D eigenvalue weighted by atomic mass is 10.2. The number of nitrogens with zero attached hydrogens (tertiary/aromatic N) is 2. The second-order valence-electron chi connectivity index (χ2n) is 4.53. The van der Waals surface area contributed by atoms with Gasteiger partial charge in [-0.3, -0.25) is 10.1 Å². The highest BCUT2D eigenvalue weighted by Gasteiger charge is 2.13. The van der Waals surface area contributed by atoms with Crippen molar-refractivity contribution >= 4 is 23.0 Å². The molecule has 0 aliphatic carbocycles. The fourth-order valence-electron chi connectivity index (χ4n) is 2.00. The first-order valence-corrected chi connectivity index (χ1v) is 6.80. The molecule has 1 aromatic heterocycles. The monoisotopic (exact) mass is 293 g/mol. The van der Waals surface area contributed by atoms with Crippen molar-refractivity contribution in [3.05, 3.63) is 57.4 Å². The van der Waals surface area contributed by atoms with Crippen molar-refractivity contribution in [1.82, 2.24) is 4.57 Å². The molecule has 0 radical (unpaired) electrons. The average molecular weight is 294 g/mol. The zero-order chi connectivity index (χ0) is 14.5. The number of hydrogen-bond donors (Lipinski definition) is 1. The maximum Gasteiger partial charge on any atom is 0.293 e. The van der Waals surface area contributed by atoms with Crippen LogP contribution in [0.25, 0.3) is 0 Å². The van der Waals surface area contributed by atoms with Gasteiger partial charge in [-0.25, -0.2) is 0 Å². The fraction of sp³-hybridized carbons (Fsp3) is 0.286. The van der Waals surface area contributed by atoms with E-state index in [4.69, 9.17) is 11.6 Å². The Bertz CT molecular complexity index is 610. The summed E-state index contributed by atoms with van der Waals surface area (Å²) >= 11 is 5.78. The molecule has 0 saturated heterocycles. The first kappa shape index (κ1) is 14.4. The van der Waals surface area contributed by atoms with E-state index in [9.17, 15) is 10.1 Å². The Morgan fingerprint density at radius 1 is 1.40 bits per heavy atom. The van der Waals surface area contributed by atoms with Crippen LogP contribution in [-0.2, 0) is 13.1 Å². The summed E-state index contributed by atoms with van der Waals surface area (Å²) in [6, 6.07) is 6.62. The minimum absolute atomic E-state index is 0.00880. The van der Waals surface area contributed by atoms with Crippen LogP contribution in [0.4, 0.5) is 11.4 Å². The smallest absolute Gasteiger partial charge is 0.293 e. The van der Waals surface area contributed by atoms with Crippen molar-refractivity contribution in [2.45, 2.75) is 26.4 Å². The molecular formula is C14H16ClN3O2. The van der Waals surface area contributed by atoms with Gasteiger partial charge in [0.25, 0.3) is 5.69 Å². The van der Waals surface area contributed by atoms with Gasteiger partial charge < -0.3 is 9.88 Å². The number of aromatic nitrogens is 1. The molecule has 0 aliphatic rings. The van der Waals surface area contributed by atoms with Crippen LogP contribution in [-0.4, -0.2) is 9.49 Å². The molecular weight excluding hydrogens is 278 g/mol. The largest absolute Gasteiger partial charge is 0.375 e. The molecule has 6 heteroatoms. The standard InChI is InChI=1S/C14H16ClN3O2/c1-2-6-17-7-5-11(10-17)9-16-13-4-3-12(15)8-14(13)18(19)20/h3-5,7-8,10,16H,2,6,9H2,1H3. The number of nitro groups is 1. The van der Waals surface area contributed by atoms with E-state index in [1.165, 1.54) is 6.07 Å². The molecule has 0 aliphatic heterocycles. The van der Waals surface area contributed by atoms with E-state index in [2.05, 4.69) is 16.8 Å². The van der Waals surface area contributed by atoms with E-state index in [-0.39, 0.29) is 5.69 Å². The van der Waals surface area contributed by atoms with Gasteiger partial charge in [-0.15, -0.1) is 0 Å². The van der Waals surface area contributed by atoms with Gasteiger partial charge in [0.2, 0.25) is 0 Å². The van der Waals surface area contributed by atoms with Crippen LogP contribution >= 0.6 is 11.6 Å². The Balaban J connectivity index is 2.08.